The van der Waals surface area contributed by atoms with Gasteiger partial charge < -0.3 is 4.74 Å². The topological polar surface area (TPSA) is 22.1 Å². The van der Waals surface area contributed by atoms with Gasteiger partial charge in [0.05, 0.1) is 0 Å². The lowest BCUT2D eigenvalue weighted by atomic mass is 9.99. The van der Waals surface area contributed by atoms with Crippen molar-refractivity contribution >= 4 is 13.3 Å². The van der Waals surface area contributed by atoms with Crippen LogP contribution >= 0.6 is 0 Å². The van der Waals surface area contributed by atoms with Crippen LogP contribution in [-0.2, 0) is 0 Å². The first-order valence-electron chi connectivity index (χ1n) is 3.06. The number of halogens is 2. The molecule has 0 saturated heterocycles. The highest BCUT2D eigenvalue weighted by Gasteiger charge is 2.03. The van der Waals surface area contributed by atoms with Gasteiger partial charge in [0, 0.05) is 6.20 Å². The Hall–Kier alpha value is -1.13. The smallest absolute Gasteiger partial charge is 0.388 e. The van der Waals surface area contributed by atoms with Crippen LogP contribution in [0.4, 0.5) is 8.78 Å². The zero-order chi connectivity index (χ0) is 8.27. The Morgan fingerprint density at radius 1 is 1.45 bits per heavy atom. The third kappa shape index (κ3) is 2.53. The van der Waals surface area contributed by atoms with Crippen LogP contribution in [-0.4, -0.2) is 19.4 Å². The van der Waals surface area contributed by atoms with Gasteiger partial charge in [-0.05, 0) is 6.07 Å². The van der Waals surface area contributed by atoms with Gasteiger partial charge in [0.1, 0.15) is 7.85 Å². The standard InChI is InChI=1S/C6H6BF2NO/c7-4-1-2-5(10-3-4)11-6(8)9/h1-3,6H,7H2. The predicted octanol–water partition coefficient (Wildman–Crippen LogP) is -0.0586. The molecule has 0 unspecified atom stereocenters. The SMILES string of the molecule is Bc1ccc(OC(F)F)nc1. The van der Waals surface area contributed by atoms with Crippen LogP contribution in [0.25, 0.3) is 0 Å². The quantitative estimate of drug-likeness (QED) is 0.561. The average molecular weight is 157 g/mol. The van der Waals surface area contributed by atoms with E-state index in [1.807, 2.05) is 7.85 Å². The van der Waals surface area contributed by atoms with Crippen molar-refractivity contribution in [2.45, 2.75) is 6.61 Å². The first-order valence-corrected chi connectivity index (χ1v) is 3.06. The molecule has 0 atom stereocenters. The van der Waals surface area contributed by atoms with E-state index in [9.17, 15) is 8.78 Å². The second-order valence-electron chi connectivity index (χ2n) is 2.05. The fourth-order valence-electron chi connectivity index (χ4n) is 0.615. The van der Waals surface area contributed by atoms with E-state index in [0.29, 0.717) is 0 Å². The van der Waals surface area contributed by atoms with Gasteiger partial charge in [-0.1, -0.05) is 11.5 Å². The Labute approximate surface area is 63.6 Å². The number of rotatable bonds is 2. The van der Waals surface area contributed by atoms with Gasteiger partial charge in [-0.15, -0.1) is 0 Å². The minimum Gasteiger partial charge on any atom is -0.417 e. The van der Waals surface area contributed by atoms with Crippen LogP contribution in [0.2, 0.25) is 0 Å². The summed E-state index contributed by atoms with van der Waals surface area (Å²) >= 11 is 0. The molecule has 0 fully saturated rings. The normalized spacial score (nSPS) is 10.1. The summed E-state index contributed by atoms with van der Waals surface area (Å²) in [5, 5.41) is 0. The molecule has 1 heterocycles. The third-order valence-corrected chi connectivity index (χ3v) is 1.09. The van der Waals surface area contributed by atoms with Gasteiger partial charge in [-0.2, -0.15) is 8.78 Å². The molecule has 0 bridgehead atoms. The van der Waals surface area contributed by atoms with E-state index >= 15 is 0 Å². The molecule has 0 aromatic carbocycles. The summed E-state index contributed by atoms with van der Waals surface area (Å²) in [6.45, 7) is -2.80. The van der Waals surface area contributed by atoms with Crippen molar-refractivity contribution in [1.82, 2.24) is 4.98 Å². The lowest BCUT2D eigenvalue weighted by Crippen LogP contribution is -2.07. The van der Waals surface area contributed by atoms with Crippen LogP contribution in [0, 0.1) is 0 Å². The van der Waals surface area contributed by atoms with E-state index in [0.717, 1.165) is 5.46 Å². The van der Waals surface area contributed by atoms with Crippen molar-refractivity contribution in [1.29, 1.82) is 0 Å². The van der Waals surface area contributed by atoms with Gasteiger partial charge >= 0.3 is 6.61 Å². The molecule has 58 valence electrons. The van der Waals surface area contributed by atoms with Crippen LogP contribution in [0.3, 0.4) is 0 Å². The molecular formula is C6H6BF2NO. The van der Waals surface area contributed by atoms with E-state index in [1.54, 1.807) is 6.07 Å². The summed E-state index contributed by atoms with van der Waals surface area (Å²) in [6, 6.07) is 3.06. The average Bonchev–Trinajstić information content (AvgIpc) is 1.93. The molecular weight excluding hydrogens is 151 g/mol. The largest absolute Gasteiger partial charge is 0.417 e. The first-order chi connectivity index (χ1) is 5.18. The van der Waals surface area contributed by atoms with E-state index in [4.69, 9.17) is 0 Å². The molecule has 0 N–H and O–H groups in total. The molecule has 0 aliphatic rings. The fraction of sp³-hybridized carbons (Fsp3) is 0.167. The number of hydrogen-bond donors (Lipinski definition) is 0. The molecule has 1 rings (SSSR count). The maximum Gasteiger partial charge on any atom is 0.388 e. The van der Waals surface area contributed by atoms with Crippen LogP contribution < -0.4 is 10.2 Å². The Kier molecular flexibility index (Phi) is 2.41. The van der Waals surface area contributed by atoms with Crippen molar-refractivity contribution in [2.24, 2.45) is 0 Å². The van der Waals surface area contributed by atoms with E-state index < -0.39 is 6.61 Å². The Morgan fingerprint density at radius 2 is 2.18 bits per heavy atom. The van der Waals surface area contributed by atoms with Gasteiger partial charge in [-0.3, -0.25) is 0 Å². The number of pyridine rings is 1. The molecule has 11 heavy (non-hydrogen) atoms. The van der Waals surface area contributed by atoms with Crippen molar-refractivity contribution in [2.75, 3.05) is 0 Å². The zero-order valence-electron chi connectivity index (χ0n) is 5.92. The van der Waals surface area contributed by atoms with E-state index in [1.165, 1.54) is 12.3 Å². The van der Waals surface area contributed by atoms with Crippen molar-refractivity contribution in [3.63, 3.8) is 0 Å². The maximum absolute atomic E-state index is 11.6. The highest BCUT2D eigenvalue weighted by atomic mass is 19.3. The molecule has 0 aliphatic carbocycles. The summed E-state index contributed by atoms with van der Waals surface area (Å²) in [7, 11) is 1.82. The molecule has 1 aromatic rings. The molecule has 0 spiro atoms. The minimum atomic E-state index is -2.80. The van der Waals surface area contributed by atoms with Crippen LogP contribution in [0.1, 0.15) is 0 Å². The number of ether oxygens (including phenoxy) is 1. The Balaban J connectivity index is 2.66. The molecule has 5 heteroatoms. The number of alkyl halides is 2. The summed E-state index contributed by atoms with van der Waals surface area (Å²) < 4.78 is 27.1. The highest BCUT2D eigenvalue weighted by Crippen LogP contribution is 2.06. The van der Waals surface area contributed by atoms with Crippen LogP contribution in [0.15, 0.2) is 18.3 Å². The van der Waals surface area contributed by atoms with Gasteiger partial charge in [-0.25, -0.2) is 4.98 Å². The third-order valence-electron chi connectivity index (χ3n) is 1.09. The molecule has 2 nitrogen and oxygen atoms in total. The molecule has 0 radical (unpaired) electrons. The highest BCUT2D eigenvalue weighted by molar-refractivity contribution is 6.32. The first kappa shape index (κ1) is 7.98. The number of hydrogen-bond acceptors (Lipinski definition) is 2. The second kappa shape index (κ2) is 3.32. The number of nitrogens with zero attached hydrogens (tertiary/aromatic N) is 1. The summed E-state index contributed by atoms with van der Waals surface area (Å²) in [5.74, 6) is -0.0504. The summed E-state index contributed by atoms with van der Waals surface area (Å²) in [5.41, 5.74) is 0.909. The Bertz CT molecular complexity index is 227. The minimum absolute atomic E-state index is 0.0504. The van der Waals surface area contributed by atoms with E-state index in [-0.39, 0.29) is 5.88 Å². The van der Waals surface area contributed by atoms with E-state index in [2.05, 4.69) is 9.72 Å². The van der Waals surface area contributed by atoms with Gasteiger partial charge in [0.2, 0.25) is 5.88 Å². The molecule has 0 amide bonds. The summed E-state index contributed by atoms with van der Waals surface area (Å²) in [4.78, 5) is 3.62. The van der Waals surface area contributed by atoms with Crippen LogP contribution in [0.5, 0.6) is 5.88 Å². The lowest BCUT2D eigenvalue weighted by Gasteiger charge is -2.01. The van der Waals surface area contributed by atoms with Gasteiger partial charge in [0.25, 0.3) is 0 Å². The molecule has 0 saturated carbocycles. The summed E-state index contributed by atoms with van der Waals surface area (Å²) in [6.07, 6.45) is 1.47. The predicted molar refractivity (Wildman–Crippen MR) is 39.0 cm³/mol. The van der Waals surface area contributed by atoms with Crippen molar-refractivity contribution < 1.29 is 13.5 Å². The molecule has 0 aliphatic heterocycles. The lowest BCUT2D eigenvalue weighted by molar-refractivity contribution is -0.0528. The second-order valence-corrected chi connectivity index (χ2v) is 2.05. The zero-order valence-corrected chi connectivity index (χ0v) is 5.92. The Morgan fingerprint density at radius 3 is 2.64 bits per heavy atom. The van der Waals surface area contributed by atoms with Gasteiger partial charge in [0.15, 0.2) is 0 Å². The maximum atomic E-state index is 11.6. The molecule has 1 aromatic heterocycles. The monoisotopic (exact) mass is 157 g/mol. The fourth-order valence-corrected chi connectivity index (χ4v) is 0.615. The van der Waals surface area contributed by atoms with Crippen molar-refractivity contribution in [3.05, 3.63) is 18.3 Å². The van der Waals surface area contributed by atoms with Crippen molar-refractivity contribution in [3.8, 4) is 5.88 Å². The number of aromatic nitrogens is 1.